The molecule has 126 valence electrons. The van der Waals surface area contributed by atoms with E-state index in [2.05, 4.69) is 0 Å². The van der Waals surface area contributed by atoms with Gasteiger partial charge in [-0.2, -0.15) is 4.39 Å². The van der Waals surface area contributed by atoms with E-state index in [1.807, 2.05) is 0 Å². The Morgan fingerprint density at radius 3 is 2.35 bits per heavy atom. The number of carbonyl (C=O) groups excluding carboxylic acids is 2. The third-order valence-electron chi connectivity index (χ3n) is 4.01. The molecule has 0 spiro atoms. The van der Waals surface area contributed by atoms with Gasteiger partial charge in [-0.15, -0.1) is 0 Å². The van der Waals surface area contributed by atoms with Crippen LogP contribution in [0.25, 0.3) is 0 Å². The zero-order chi connectivity index (χ0) is 17.0. The molecule has 0 bridgehead atoms. The van der Waals surface area contributed by atoms with E-state index in [1.165, 1.54) is 19.1 Å². The van der Waals surface area contributed by atoms with Crippen LogP contribution in [0.5, 0.6) is 5.75 Å². The Balaban J connectivity index is 1.98. The highest BCUT2D eigenvalue weighted by molar-refractivity contribution is 5.94. The molecule has 6 heteroatoms. The summed E-state index contributed by atoms with van der Waals surface area (Å²) >= 11 is 0. The van der Waals surface area contributed by atoms with Gasteiger partial charge in [0.2, 0.25) is 5.82 Å². The van der Waals surface area contributed by atoms with Crippen molar-refractivity contribution in [2.24, 2.45) is 5.92 Å². The number of carbonyl (C=O) groups is 2. The molecule has 1 aromatic carbocycles. The summed E-state index contributed by atoms with van der Waals surface area (Å²) in [4.78, 5) is 22.8. The molecule has 1 aromatic rings. The number of rotatable bonds is 5. The van der Waals surface area contributed by atoms with Crippen LogP contribution in [0.2, 0.25) is 0 Å². The number of hydrogen-bond donors (Lipinski definition) is 0. The first-order chi connectivity index (χ1) is 10.9. The van der Waals surface area contributed by atoms with Crippen LogP contribution in [0.15, 0.2) is 12.1 Å². The standard InChI is InChI=1S/C17H20F2O4/c1-3-22-17(21)11-4-6-12(7-5-11)23-14-9-8-13(10(2)20)15(18)16(14)19/h8-9,11-12H,3-7H2,1-2H3/t11-,12-. The molecular formula is C17H20F2O4. The molecule has 0 aromatic heterocycles. The fourth-order valence-corrected chi connectivity index (χ4v) is 2.75. The third kappa shape index (κ3) is 4.06. The zero-order valence-corrected chi connectivity index (χ0v) is 13.2. The van der Waals surface area contributed by atoms with Gasteiger partial charge in [0, 0.05) is 0 Å². The Morgan fingerprint density at radius 1 is 1.13 bits per heavy atom. The van der Waals surface area contributed by atoms with Gasteiger partial charge in [0.25, 0.3) is 0 Å². The van der Waals surface area contributed by atoms with Gasteiger partial charge >= 0.3 is 5.97 Å². The molecule has 1 fully saturated rings. The van der Waals surface area contributed by atoms with Crippen LogP contribution in [-0.2, 0) is 9.53 Å². The molecule has 0 radical (unpaired) electrons. The topological polar surface area (TPSA) is 52.6 Å². The van der Waals surface area contributed by atoms with Gasteiger partial charge in [-0.3, -0.25) is 9.59 Å². The normalized spacial score (nSPS) is 20.9. The Morgan fingerprint density at radius 2 is 1.78 bits per heavy atom. The van der Waals surface area contributed by atoms with Crippen LogP contribution in [0, 0.1) is 17.6 Å². The summed E-state index contributed by atoms with van der Waals surface area (Å²) in [6.07, 6.45) is 2.05. The smallest absolute Gasteiger partial charge is 0.308 e. The Bertz CT molecular complexity index is 593. The minimum Gasteiger partial charge on any atom is -0.487 e. The second-order valence-electron chi connectivity index (χ2n) is 5.64. The van der Waals surface area contributed by atoms with Gasteiger partial charge in [-0.1, -0.05) is 0 Å². The van der Waals surface area contributed by atoms with Crippen molar-refractivity contribution in [1.82, 2.24) is 0 Å². The average molecular weight is 326 g/mol. The Hall–Kier alpha value is -1.98. The van der Waals surface area contributed by atoms with Gasteiger partial charge in [0.15, 0.2) is 17.3 Å². The lowest BCUT2D eigenvalue weighted by atomic mass is 9.87. The molecule has 1 aliphatic rings. The lowest BCUT2D eigenvalue weighted by Gasteiger charge is -2.28. The molecule has 0 aliphatic heterocycles. The van der Waals surface area contributed by atoms with Crippen LogP contribution >= 0.6 is 0 Å². The minimum absolute atomic E-state index is 0.156. The van der Waals surface area contributed by atoms with Crippen molar-refractivity contribution in [3.8, 4) is 5.75 Å². The van der Waals surface area contributed by atoms with E-state index in [9.17, 15) is 18.4 Å². The number of esters is 1. The first-order valence-corrected chi connectivity index (χ1v) is 7.76. The zero-order valence-electron chi connectivity index (χ0n) is 13.2. The van der Waals surface area contributed by atoms with Crippen molar-refractivity contribution in [1.29, 1.82) is 0 Å². The second-order valence-corrected chi connectivity index (χ2v) is 5.64. The molecule has 0 saturated heterocycles. The van der Waals surface area contributed by atoms with E-state index in [4.69, 9.17) is 9.47 Å². The summed E-state index contributed by atoms with van der Waals surface area (Å²) in [7, 11) is 0. The van der Waals surface area contributed by atoms with Gasteiger partial charge < -0.3 is 9.47 Å². The van der Waals surface area contributed by atoms with Gasteiger partial charge in [0.1, 0.15) is 0 Å². The van der Waals surface area contributed by atoms with E-state index in [0.717, 1.165) is 0 Å². The molecule has 1 saturated carbocycles. The maximum Gasteiger partial charge on any atom is 0.308 e. The molecule has 0 heterocycles. The quantitative estimate of drug-likeness (QED) is 0.612. The monoisotopic (exact) mass is 326 g/mol. The Kier molecular flexibility index (Phi) is 5.69. The summed E-state index contributed by atoms with van der Waals surface area (Å²) in [6, 6.07) is 2.49. The van der Waals surface area contributed by atoms with Crippen LogP contribution in [0.4, 0.5) is 8.78 Å². The van der Waals surface area contributed by atoms with Crippen molar-refractivity contribution >= 4 is 11.8 Å². The molecule has 4 nitrogen and oxygen atoms in total. The van der Waals surface area contributed by atoms with Crippen LogP contribution in [-0.4, -0.2) is 24.5 Å². The summed E-state index contributed by atoms with van der Waals surface area (Å²) in [5.74, 6) is -3.44. The van der Waals surface area contributed by atoms with Crippen LogP contribution in [0.3, 0.4) is 0 Å². The van der Waals surface area contributed by atoms with Gasteiger partial charge in [-0.25, -0.2) is 4.39 Å². The maximum atomic E-state index is 14.0. The van der Waals surface area contributed by atoms with Crippen molar-refractivity contribution < 1.29 is 27.8 Å². The summed E-state index contributed by atoms with van der Waals surface area (Å²) in [6.45, 7) is 3.28. The largest absolute Gasteiger partial charge is 0.487 e. The number of halogens is 2. The van der Waals surface area contributed by atoms with E-state index in [0.29, 0.717) is 32.3 Å². The highest BCUT2D eigenvalue weighted by atomic mass is 19.2. The van der Waals surface area contributed by atoms with Crippen molar-refractivity contribution in [3.63, 3.8) is 0 Å². The van der Waals surface area contributed by atoms with Crippen molar-refractivity contribution in [2.75, 3.05) is 6.61 Å². The molecule has 0 N–H and O–H groups in total. The summed E-state index contributed by atoms with van der Waals surface area (Å²) in [5, 5.41) is 0. The van der Waals surface area contributed by atoms with E-state index >= 15 is 0 Å². The lowest BCUT2D eigenvalue weighted by molar-refractivity contribution is -0.149. The highest BCUT2D eigenvalue weighted by Gasteiger charge is 2.29. The average Bonchev–Trinajstić information content (AvgIpc) is 2.52. The molecule has 23 heavy (non-hydrogen) atoms. The number of benzene rings is 1. The number of ketones is 1. The predicted octanol–water partition coefficient (Wildman–Crippen LogP) is 3.67. The van der Waals surface area contributed by atoms with E-state index in [-0.39, 0.29) is 29.3 Å². The number of hydrogen-bond acceptors (Lipinski definition) is 4. The third-order valence-corrected chi connectivity index (χ3v) is 4.01. The Labute approximate surface area is 133 Å². The molecule has 0 unspecified atom stereocenters. The first-order valence-electron chi connectivity index (χ1n) is 7.76. The predicted molar refractivity (Wildman–Crippen MR) is 79.4 cm³/mol. The van der Waals surface area contributed by atoms with Gasteiger partial charge in [-0.05, 0) is 51.7 Å². The van der Waals surface area contributed by atoms with Crippen molar-refractivity contribution in [2.45, 2.75) is 45.6 Å². The lowest BCUT2D eigenvalue weighted by Crippen LogP contribution is -2.29. The highest BCUT2D eigenvalue weighted by Crippen LogP contribution is 2.30. The van der Waals surface area contributed by atoms with Crippen LogP contribution in [0.1, 0.15) is 49.9 Å². The van der Waals surface area contributed by atoms with E-state index < -0.39 is 17.4 Å². The van der Waals surface area contributed by atoms with Crippen molar-refractivity contribution in [3.05, 3.63) is 29.3 Å². The minimum atomic E-state index is -1.18. The van der Waals surface area contributed by atoms with E-state index in [1.54, 1.807) is 6.92 Å². The summed E-state index contributed by atoms with van der Waals surface area (Å²) in [5.41, 5.74) is -0.291. The van der Waals surface area contributed by atoms with Crippen LogP contribution < -0.4 is 4.74 Å². The molecule has 0 amide bonds. The fourth-order valence-electron chi connectivity index (χ4n) is 2.75. The molecule has 1 aliphatic carbocycles. The molecule has 2 rings (SSSR count). The fraction of sp³-hybridized carbons (Fsp3) is 0.529. The first kappa shape index (κ1) is 17.4. The summed E-state index contributed by atoms with van der Waals surface area (Å²) < 4.78 is 38.2. The SMILES string of the molecule is CCOC(=O)[C@H]1CC[C@H](Oc2ccc(C(C)=O)c(F)c2F)CC1. The molecular weight excluding hydrogens is 306 g/mol. The molecule has 0 atom stereocenters. The van der Waals surface area contributed by atoms with Gasteiger partial charge in [0.05, 0.1) is 24.2 Å². The number of ether oxygens (including phenoxy) is 2. The maximum absolute atomic E-state index is 14.0. The number of Topliss-reactive ketones (excluding diaryl/α,β-unsaturated/α-hetero) is 1. The second kappa shape index (κ2) is 7.53.